The van der Waals surface area contributed by atoms with Crippen LogP contribution in [0.1, 0.15) is 39.3 Å². The molecule has 0 aliphatic carbocycles. The van der Waals surface area contributed by atoms with Gasteiger partial charge < -0.3 is 5.32 Å². The molecule has 24 heavy (non-hydrogen) atoms. The number of rotatable bonds is 7. The summed E-state index contributed by atoms with van der Waals surface area (Å²) < 4.78 is 27.4. The molecular weight excluding hydrogens is 346 g/mol. The van der Waals surface area contributed by atoms with E-state index in [1.165, 1.54) is 23.5 Å². The van der Waals surface area contributed by atoms with Crippen molar-refractivity contribution >= 4 is 27.3 Å². The SMILES string of the molecule is CCCNC(=O)c1cccc(S(=O)(=O)NCc2nc(C)c(C)s2)c1. The van der Waals surface area contributed by atoms with Gasteiger partial charge in [-0.05, 0) is 38.5 Å². The zero-order valence-electron chi connectivity index (χ0n) is 13.9. The molecule has 0 fully saturated rings. The van der Waals surface area contributed by atoms with Crippen LogP contribution in [0, 0.1) is 13.8 Å². The Labute approximate surface area is 146 Å². The highest BCUT2D eigenvalue weighted by Crippen LogP contribution is 2.17. The Morgan fingerprint density at radius 2 is 2.04 bits per heavy atom. The quantitative estimate of drug-likeness (QED) is 0.786. The van der Waals surface area contributed by atoms with Crippen molar-refractivity contribution in [3.05, 3.63) is 45.4 Å². The zero-order valence-corrected chi connectivity index (χ0v) is 15.6. The summed E-state index contributed by atoms with van der Waals surface area (Å²) in [5, 5.41) is 3.44. The van der Waals surface area contributed by atoms with Gasteiger partial charge in [0.2, 0.25) is 10.0 Å². The maximum absolute atomic E-state index is 12.4. The molecule has 0 unspecified atom stereocenters. The van der Waals surface area contributed by atoms with Gasteiger partial charge in [-0.1, -0.05) is 13.0 Å². The minimum absolute atomic E-state index is 0.0663. The van der Waals surface area contributed by atoms with Crippen LogP contribution in [-0.4, -0.2) is 25.9 Å². The van der Waals surface area contributed by atoms with Gasteiger partial charge in [0.1, 0.15) is 5.01 Å². The van der Waals surface area contributed by atoms with Gasteiger partial charge in [-0.15, -0.1) is 11.3 Å². The predicted molar refractivity (Wildman–Crippen MR) is 94.7 cm³/mol. The Hall–Kier alpha value is -1.77. The summed E-state index contributed by atoms with van der Waals surface area (Å²) in [6.07, 6.45) is 0.817. The van der Waals surface area contributed by atoms with E-state index in [0.717, 1.165) is 17.0 Å². The number of carbonyl (C=O) groups excluding carboxylic acids is 1. The van der Waals surface area contributed by atoms with E-state index >= 15 is 0 Å². The lowest BCUT2D eigenvalue weighted by atomic mass is 10.2. The Balaban J connectivity index is 2.12. The maximum atomic E-state index is 12.4. The molecule has 1 aromatic heterocycles. The second kappa shape index (κ2) is 7.87. The molecule has 6 nitrogen and oxygen atoms in total. The van der Waals surface area contributed by atoms with Crippen LogP contribution in [0.25, 0.3) is 0 Å². The molecule has 0 bridgehead atoms. The van der Waals surface area contributed by atoms with Crippen LogP contribution in [0.5, 0.6) is 0 Å². The molecule has 0 saturated carbocycles. The molecule has 0 aliphatic heterocycles. The topological polar surface area (TPSA) is 88.2 Å². The molecule has 8 heteroatoms. The van der Waals surface area contributed by atoms with Crippen LogP contribution in [0.4, 0.5) is 0 Å². The molecule has 0 spiro atoms. The largest absolute Gasteiger partial charge is 0.352 e. The predicted octanol–water partition coefficient (Wildman–Crippen LogP) is 2.38. The zero-order chi connectivity index (χ0) is 17.7. The third-order valence-electron chi connectivity index (χ3n) is 3.43. The number of sulfonamides is 1. The molecule has 2 rings (SSSR count). The molecule has 130 valence electrons. The van der Waals surface area contributed by atoms with E-state index in [4.69, 9.17) is 0 Å². The van der Waals surface area contributed by atoms with Gasteiger partial charge in [-0.2, -0.15) is 0 Å². The molecule has 0 atom stereocenters. The monoisotopic (exact) mass is 367 g/mol. The smallest absolute Gasteiger partial charge is 0.251 e. The van der Waals surface area contributed by atoms with Gasteiger partial charge in [0, 0.05) is 17.0 Å². The lowest BCUT2D eigenvalue weighted by Gasteiger charge is -2.08. The Morgan fingerprint density at radius 1 is 1.29 bits per heavy atom. The molecule has 1 aromatic carbocycles. The van der Waals surface area contributed by atoms with Crippen molar-refractivity contribution in [3.8, 4) is 0 Å². The van der Waals surface area contributed by atoms with E-state index in [9.17, 15) is 13.2 Å². The first-order valence-electron chi connectivity index (χ1n) is 7.64. The number of carbonyl (C=O) groups is 1. The van der Waals surface area contributed by atoms with Gasteiger partial charge in [-0.25, -0.2) is 18.1 Å². The molecule has 0 saturated heterocycles. The van der Waals surface area contributed by atoms with Crippen molar-refractivity contribution in [1.29, 1.82) is 0 Å². The van der Waals surface area contributed by atoms with Crippen LogP contribution in [0.3, 0.4) is 0 Å². The molecule has 1 amide bonds. The van der Waals surface area contributed by atoms with E-state index in [2.05, 4.69) is 15.0 Å². The van der Waals surface area contributed by atoms with Crippen LogP contribution >= 0.6 is 11.3 Å². The maximum Gasteiger partial charge on any atom is 0.251 e. The molecule has 2 aromatic rings. The molecule has 2 N–H and O–H groups in total. The lowest BCUT2D eigenvalue weighted by molar-refractivity contribution is 0.0953. The first kappa shape index (κ1) is 18.6. The minimum Gasteiger partial charge on any atom is -0.352 e. The van der Waals surface area contributed by atoms with Crippen LogP contribution in [-0.2, 0) is 16.6 Å². The average Bonchev–Trinajstić information content (AvgIpc) is 2.89. The number of aromatic nitrogens is 1. The lowest BCUT2D eigenvalue weighted by Crippen LogP contribution is -2.26. The highest BCUT2D eigenvalue weighted by molar-refractivity contribution is 7.89. The summed E-state index contributed by atoms with van der Waals surface area (Å²) in [5.41, 5.74) is 1.23. The van der Waals surface area contributed by atoms with E-state index in [0.29, 0.717) is 17.1 Å². The summed E-state index contributed by atoms with van der Waals surface area (Å²) >= 11 is 1.47. The fraction of sp³-hybridized carbons (Fsp3) is 0.375. The first-order chi connectivity index (χ1) is 11.3. The van der Waals surface area contributed by atoms with Crippen molar-refractivity contribution in [2.24, 2.45) is 0 Å². The summed E-state index contributed by atoms with van der Waals surface area (Å²) in [5.74, 6) is -0.278. The van der Waals surface area contributed by atoms with Crippen molar-refractivity contribution in [2.75, 3.05) is 6.54 Å². The average molecular weight is 367 g/mol. The van der Waals surface area contributed by atoms with Gasteiger partial charge in [0.05, 0.1) is 17.1 Å². The molecule has 0 aliphatic rings. The van der Waals surface area contributed by atoms with Gasteiger partial charge >= 0.3 is 0 Å². The van der Waals surface area contributed by atoms with Crippen molar-refractivity contribution in [1.82, 2.24) is 15.0 Å². The minimum atomic E-state index is -3.70. The second-order valence-electron chi connectivity index (χ2n) is 5.36. The number of benzene rings is 1. The molecule has 1 heterocycles. The number of thiazole rings is 1. The number of nitrogens with zero attached hydrogens (tertiary/aromatic N) is 1. The van der Waals surface area contributed by atoms with Gasteiger partial charge in [0.15, 0.2) is 0 Å². The fourth-order valence-corrected chi connectivity index (χ4v) is 4.00. The van der Waals surface area contributed by atoms with Gasteiger partial charge in [0.25, 0.3) is 5.91 Å². The number of amides is 1. The van der Waals surface area contributed by atoms with Crippen LogP contribution in [0.2, 0.25) is 0 Å². The standard InChI is InChI=1S/C16H21N3O3S2/c1-4-8-17-16(20)13-6-5-7-14(9-13)24(21,22)18-10-15-19-11(2)12(3)23-15/h5-7,9,18H,4,8,10H2,1-3H3,(H,17,20). The summed E-state index contributed by atoms with van der Waals surface area (Å²) in [6.45, 7) is 6.48. The van der Waals surface area contributed by atoms with E-state index in [1.807, 2.05) is 20.8 Å². The number of nitrogens with one attached hydrogen (secondary N) is 2. The third-order valence-corrected chi connectivity index (χ3v) is 5.90. The second-order valence-corrected chi connectivity index (χ2v) is 8.41. The third kappa shape index (κ3) is 4.62. The summed E-state index contributed by atoms with van der Waals surface area (Å²) in [6, 6.07) is 6.01. The normalized spacial score (nSPS) is 11.5. The first-order valence-corrected chi connectivity index (χ1v) is 9.94. The highest BCUT2D eigenvalue weighted by atomic mass is 32.2. The van der Waals surface area contributed by atoms with E-state index < -0.39 is 10.0 Å². The number of aryl methyl sites for hydroxylation is 2. The summed E-state index contributed by atoms with van der Waals surface area (Å²) in [4.78, 5) is 17.4. The van der Waals surface area contributed by atoms with Crippen molar-refractivity contribution in [2.45, 2.75) is 38.6 Å². The number of hydrogen-bond acceptors (Lipinski definition) is 5. The van der Waals surface area contributed by atoms with E-state index in [1.54, 1.807) is 12.1 Å². The molecule has 0 radical (unpaired) electrons. The Kier molecular flexibility index (Phi) is 6.09. The van der Waals surface area contributed by atoms with Gasteiger partial charge in [-0.3, -0.25) is 4.79 Å². The number of hydrogen-bond donors (Lipinski definition) is 2. The molecular formula is C16H21N3O3S2. The Bertz CT molecular complexity index is 809. The van der Waals surface area contributed by atoms with E-state index in [-0.39, 0.29) is 17.3 Å². The highest BCUT2D eigenvalue weighted by Gasteiger charge is 2.17. The van der Waals surface area contributed by atoms with Crippen LogP contribution < -0.4 is 10.0 Å². The van der Waals surface area contributed by atoms with Crippen LogP contribution in [0.15, 0.2) is 29.2 Å². The fourth-order valence-electron chi connectivity index (χ4n) is 2.00. The van der Waals surface area contributed by atoms with Crippen molar-refractivity contribution in [3.63, 3.8) is 0 Å². The summed E-state index contributed by atoms with van der Waals surface area (Å²) in [7, 11) is -3.70. The van der Waals surface area contributed by atoms with Crippen molar-refractivity contribution < 1.29 is 13.2 Å². The Morgan fingerprint density at radius 3 is 2.67 bits per heavy atom.